The highest BCUT2D eigenvalue weighted by molar-refractivity contribution is 6.99. The summed E-state index contributed by atoms with van der Waals surface area (Å²) in [6.07, 6.45) is 5.09. The van der Waals surface area contributed by atoms with Gasteiger partial charge in [-0.25, -0.2) is 0 Å². The lowest BCUT2D eigenvalue weighted by molar-refractivity contribution is -0.143. The Bertz CT molecular complexity index is 739. The number of benzene rings is 2. The molecule has 0 aliphatic heterocycles. The minimum absolute atomic E-state index is 0.0528. The number of rotatable bonds is 9. The molecule has 0 aromatic heterocycles. The Morgan fingerprint density at radius 1 is 1.00 bits per heavy atom. The molecule has 2 aromatic carbocycles. The molecule has 0 amide bonds. The molecule has 0 N–H and O–H groups in total. The molecule has 0 saturated carbocycles. The smallest absolute Gasteiger partial charge is 0.306 e. The monoisotopic (exact) mass is 410 g/mol. The minimum Gasteiger partial charge on any atom is -0.466 e. The fraction of sp³-hybridized carbons (Fsp3) is 0.400. The number of esters is 1. The van der Waals surface area contributed by atoms with Crippen LogP contribution in [-0.4, -0.2) is 27.0 Å². The molecule has 0 spiro atoms. The Morgan fingerprint density at radius 2 is 1.52 bits per heavy atom. The van der Waals surface area contributed by atoms with Crippen LogP contribution in [-0.2, 0) is 14.0 Å². The molecule has 3 nitrogen and oxygen atoms in total. The Balaban J connectivity index is 2.32. The Kier molecular flexibility index (Phi) is 8.41. The zero-order chi connectivity index (χ0) is 21.3. The van der Waals surface area contributed by atoms with Crippen molar-refractivity contribution in [2.75, 3.05) is 6.61 Å². The molecular formula is C25H34O3Si. The average Bonchev–Trinajstić information content (AvgIpc) is 2.70. The number of ether oxygens (including phenoxy) is 1. The summed E-state index contributed by atoms with van der Waals surface area (Å²) in [5.41, 5.74) is 0. The van der Waals surface area contributed by atoms with Crippen molar-refractivity contribution in [1.29, 1.82) is 0 Å². The number of hydrogen-bond donors (Lipinski definition) is 0. The molecule has 2 rings (SSSR count). The van der Waals surface area contributed by atoms with Crippen molar-refractivity contribution in [3.63, 3.8) is 0 Å². The van der Waals surface area contributed by atoms with E-state index in [0.717, 1.165) is 0 Å². The highest BCUT2D eigenvalue weighted by Crippen LogP contribution is 2.37. The minimum atomic E-state index is -2.55. The van der Waals surface area contributed by atoms with Gasteiger partial charge in [0.2, 0.25) is 0 Å². The van der Waals surface area contributed by atoms with E-state index in [4.69, 9.17) is 9.16 Å². The van der Waals surface area contributed by atoms with Crippen LogP contribution in [0.5, 0.6) is 0 Å². The quantitative estimate of drug-likeness (QED) is 0.337. The first-order valence-electron chi connectivity index (χ1n) is 10.4. The normalized spacial score (nSPS) is 13.4. The van der Waals surface area contributed by atoms with E-state index in [0.29, 0.717) is 19.4 Å². The maximum absolute atomic E-state index is 11.5. The van der Waals surface area contributed by atoms with Crippen LogP contribution in [0.25, 0.3) is 0 Å². The average molecular weight is 411 g/mol. The van der Waals surface area contributed by atoms with Gasteiger partial charge in [0, 0.05) is 6.42 Å². The van der Waals surface area contributed by atoms with Crippen LogP contribution in [0.3, 0.4) is 0 Å². The van der Waals surface area contributed by atoms with E-state index < -0.39 is 8.32 Å². The topological polar surface area (TPSA) is 35.5 Å². The van der Waals surface area contributed by atoms with Gasteiger partial charge in [-0.15, -0.1) is 0 Å². The van der Waals surface area contributed by atoms with Gasteiger partial charge >= 0.3 is 5.97 Å². The molecule has 4 heteroatoms. The summed E-state index contributed by atoms with van der Waals surface area (Å²) in [5, 5.41) is 2.49. The van der Waals surface area contributed by atoms with Gasteiger partial charge in [-0.2, -0.15) is 0 Å². The van der Waals surface area contributed by atoms with Crippen molar-refractivity contribution in [2.45, 2.75) is 58.6 Å². The molecule has 2 aromatic rings. The summed E-state index contributed by atoms with van der Waals surface area (Å²) in [6.45, 7) is 11.2. The second kappa shape index (κ2) is 10.6. The third kappa shape index (κ3) is 5.91. The van der Waals surface area contributed by atoms with Crippen LogP contribution in [0, 0.1) is 0 Å². The van der Waals surface area contributed by atoms with Gasteiger partial charge in [-0.3, -0.25) is 4.79 Å². The predicted octanol–water partition coefficient (Wildman–Crippen LogP) is 4.85. The van der Waals surface area contributed by atoms with E-state index in [1.807, 2.05) is 13.0 Å². The molecule has 0 fully saturated rings. The molecule has 0 radical (unpaired) electrons. The van der Waals surface area contributed by atoms with E-state index >= 15 is 0 Å². The number of hydrogen-bond acceptors (Lipinski definition) is 3. The van der Waals surface area contributed by atoms with Gasteiger partial charge in [-0.05, 0) is 35.7 Å². The highest BCUT2D eigenvalue weighted by atomic mass is 28.4. The van der Waals surface area contributed by atoms with E-state index in [-0.39, 0.29) is 17.1 Å². The molecule has 29 heavy (non-hydrogen) atoms. The second-order valence-electron chi connectivity index (χ2n) is 8.26. The van der Waals surface area contributed by atoms with Crippen molar-refractivity contribution >= 4 is 24.7 Å². The lowest BCUT2D eigenvalue weighted by Crippen LogP contribution is -2.67. The first-order chi connectivity index (χ1) is 13.8. The summed E-state index contributed by atoms with van der Waals surface area (Å²) in [5.74, 6) is -0.155. The van der Waals surface area contributed by atoms with E-state index in [1.54, 1.807) is 0 Å². The summed E-state index contributed by atoms with van der Waals surface area (Å²) >= 11 is 0. The first-order valence-corrected chi connectivity index (χ1v) is 12.3. The molecule has 0 aliphatic carbocycles. The van der Waals surface area contributed by atoms with E-state index in [2.05, 4.69) is 94.4 Å². The lowest BCUT2D eigenvalue weighted by atomic mass is 10.2. The lowest BCUT2D eigenvalue weighted by Gasteiger charge is -2.44. The van der Waals surface area contributed by atoms with Gasteiger partial charge in [0.25, 0.3) is 8.32 Å². The Hall–Kier alpha value is -2.17. The summed E-state index contributed by atoms with van der Waals surface area (Å²) in [7, 11) is -2.55. The Labute approximate surface area is 176 Å². The molecule has 0 heterocycles. The highest BCUT2D eigenvalue weighted by Gasteiger charge is 2.50. The molecule has 156 valence electrons. The molecule has 0 saturated heterocycles. The second-order valence-corrected chi connectivity index (χ2v) is 12.5. The third-order valence-corrected chi connectivity index (χ3v) is 10.1. The number of carbonyl (C=O) groups is 1. The molecule has 0 unspecified atom stereocenters. The first kappa shape index (κ1) is 23.1. The van der Waals surface area contributed by atoms with Crippen molar-refractivity contribution in [2.24, 2.45) is 0 Å². The van der Waals surface area contributed by atoms with Crippen molar-refractivity contribution in [1.82, 2.24) is 0 Å². The van der Waals surface area contributed by atoms with Crippen LogP contribution in [0.2, 0.25) is 5.04 Å². The molecule has 1 atom stereocenters. The van der Waals surface area contributed by atoms with Crippen LogP contribution in [0.1, 0.15) is 47.5 Å². The van der Waals surface area contributed by atoms with E-state index in [9.17, 15) is 4.79 Å². The van der Waals surface area contributed by atoms with Gasteiger partial charge in [0.05, 0.1) is 12.7 Å². The van der Waals surface area contributed by atoms with Gasteiger partial charge in [0.1, 0.15) is 0 Å². The summed E-state index contributed by atoms with van der Waals surface area (Å²) in [6, 6.07) is 21.3. The maximum Gasteiger partial charge on any atom is 0.306 e. The Morgan fingerprint density at radius 3 is 1.97 bits per heavy atom. The van der Waals surface area contributed by atoms with Gasteiger partial charge in [-0.1, -0.05) is 93.6 Å². The fourth-order valence-corrected chi connectivity index (χ4v) is 8.38. The maximum atomic E-state index is 11.5. The largest absolute Gasteiger partial charge is 0.466 e. The van der Waals surface area contributed by atoms with Crippen LogP contribution >= 0.6 is 0 Å². The van der Waals surface area contributed by atoms with Crippen LogP contribution < -0.4 is 10.4 Å². The van der Waals surface area contributed by atoms with Crippen molar-refractivity contribution in [3.8, 4) is 0 Å². The van der Waals surface area contributed by atoms with E-state index in [1.165, 1.54) is 10.4 Å². The van der Waals surface area contributed by atoms with Gasteiger partial charge < -0.3 is 9.16 Å². The number of carbonyl (C=O) groups excluding carboxylic acids is 1. The fourth-order valence-electron chi connectivity index (χ4n) is 3.73. The van der Waals surface area contributed by atoms with Crippen molar-refractivity contribution in [3.05, 3.63) is 72.8 Å². The summed E-state index contributed by atoms with van der Waals surface area (Å²) in [4.78, 5) is 11.5. The van der Waals surface area contributed by atoms with Crippen molar-refractivity contribution < 1.29 is 14.0 Å². The summed E-state index contributed by atoms with van der Waals surface area (Å²) < 4.78 is 12.0. The van der Waals surface area contributed by atoms with Crippen LogP contribution in [0.15, 0.2) is 72.8 Å². The number of allylic oxidation sites excluding steroid dienone is 1. The molecule has 0 bridgehead atoms. The zero-order valence-electron chi connectivity index (χ0n) is 18.4. The standard InChI is InChI=1S/C25H34O3Si/c1-6-27-24(26)20-14-13-15-21(2)28-29(25(3,4)5,22-16-9-7-10-17-22)23-18-11-8-12-19-23/h7-13,15-19,21H,6,14,20H2,1-5H3/b15-13+/t21-/m0/s1. The third-order valence-electron chi connectivity index (χ3n) is 5.01. The van der Waals surface area contributed by atoms with Crippen LogP contribution in [0.4, 0.5) is 0 Å². The predicted molar refractivity (Wildman–Crippen MR) is 123 cm³/mol. The molecular weight excluding hydrogens is 376 g/mol. The SMILES string of the molecule is CCOC(=O)CC/C=C/[C@H](C)O[Si](c1ccccc1)(c1ccccc1)C(C)(C)C. The molecule has 0 aliphatic rings. The van der Waals surface area contributed by atoms with Gasteiger partial charge in [0.15, 0.2) is 0 Å². The zero-order valence-corrected chi connectivity index (χ0v) is 19.4.